The molecule has 0 radical (unpaired) electrons. The van der Waals surface area contributed by atoms with E-state index in [4.69, 9.17) is 0 Å². The molecule has 0 aromatic carbocycles. The number of hydrogen-bond donors (Lipinski definition) is 1. The van der Waals surface area contributed by atoms with Gasteiger partial charge in [0.1, 0.15) is 0 Å². The zero-order chi connectivity index (χ0) is 13.0. The zero-order valence-electron chi connectivity index (χ0n) is 10.7. The Hall–Kier alpha value is -1.65. The molecule has 5 heteroatoms. The Kier molecular flexibility index (Phi) is 4.12. The van der Waals surface area contributed by atoms with Gasteiger partial charge in [0.2, 0.25) is 0 Å². The van der Waals surface area contributed by atoms with Crippen molar-refractivity contribution in [2.24, 2.45) is 0 Å². The summed E-state index contributed by atoms with van der Waals surface area (Å²) in [4.78, 5) is 21.5. The maximum atomic E-state index is 11.2. The highest BCUT2D eigenvalue weighted by Crippen LogP contribution is 2.27. The van der Waals surface area contributed by atoms with Crippen LogP contribution in [0.2, 0.25) is 0 Å². The van der Waals surface area contributed by atoms with E-state index in [1.807, 2.05) is 6.92 Å². The number of aromatic carboxylic acids is 1. The lowest BCUT2D eigenvalue weighted by atomic mass is 9.94. The van der Waals surface area contributed by atoms with Gasteiger partial charge in [-0.3, -0.25) is 0 Å². The SMILES string of the molecule is CCN(c1nccnc1C(=O)O)C1CCCCC1. The molecule has 0 aliphatic heterocycles. The molecule has 18 heavy (non-hydrogen) atoms. The van der Waals surface area contributed by atoms with Crippen LogP contribution in [0.15, 0.2) is 12.4 Å². The van der Waals surface area contributed by atoms with E-state index in [-0.39, 0.29) is 5.69 Å². The van der Waals surface area contributed by atoms with Crippen molar-refractivity contribution in [2.75, 3.05) is 11.4 Å². The van der Waals surface area contributed by atoms with Crippen molar-refractivity contribution in [1.82, 2.24) is 9.97 Å². The summed E-state index contributed by atoms with van der Waals surface area (Å²) in [6.45, 7) is 2.80. The van der Waals surface area contributed by atoms with Crippen LogP contribution in [-0.2, 0) is 0 Å². The van der Waals surface area contributed by atoms with Crippen LogP contribution in [0.4, 0.5) is 5.82 Å². The Labute approximate surface area is 107 Å². The van der Waals surface area contributed by atoms with Gasteiger partial charge in [0, 0.05) is 25.0 Å². The third-order valence-corrected chi connectivity index (χ3v) is 3.51. The summed E-state index contributed by atoms with van der Waals surface area (Å²) >= 11 is 0. The number of carbonyl (C=O) groups is 1. The first-order valence-electron chi connectivity index (χ1n) is 6.55. The first-order chi connectivity index (χ1) is 8.74. The van der Waals surface area contributed by atoms with Gasteiger partial charge in [-0.25, -0.2) is 14.8 Å². The number of hydrogen-bond acceptors (Lipinski definition) is 4. The fourth-order valence-corrected chi connectivity index (χ4v) is 2.67. The van der Waals surface area contributed by atoms with E-state index in [0.717, 1.165) is 19.4 Å². The maximum Gasteiger partial charge on any atom is 0.358 e. The second kappa shape index (κ2) is 5.80. The third-order valence-electron chi connectivity index (χ3n) is 3.51. The highest BCUT2D eigenvalue weighted by atomic mass is 16.4. The Morgan fingerprint density at radius 3 is 2.61 bits per heavy atom. The summed E-state index contributed by atoms with van der Waals surface area (Å²) in [6, 6.07) is 0.401. The molecule has 98 valence electrons. The molecule has 0 saturated heterocycles. The quantitative estimate of drug-likeness (QED) is 0.887. The standard InChI is InChI=1S/C13H19N3O2/c1-2-16(10-6-4-3-5-7-10)12-11(13(17)18)14-8-9-15-12/h8-10H,2-7H2,1H3,(H,17,18). The summed E-state index contributed by atoms with van der Waals surface area (Å²) in [5.41, 5.74) is 0.0601. The molecule has 1 fully saturated rings. The summed E-state index contributed by atoms with van der Waals surface area (Å²) in [5.74, 6) is -0.494. The molecule has 0 amide bonds. The Balaban J connectivity index is 2.28. The molecule has 5 nitrogen and oxygen atoms in total. The molecule has 0 spiro atoms. The minimum absolute atomic E-state index is 0.0601. The van der Waals surface area contributed by atoms with Crippen molar-refractivity contribution < 1.29 is 9.90 Å². The molecule has 2 rings (SSSR count). The zero-order valence-corrected chi connectivity index (χ0v) is 10.7. The first kappa shape index (κ1) is 12.8. The summed E-state index contributed by atoms with van der Waals surface area (Å²) < 4.78 is 0. The van der Waals surface area contributed by atoms with Crippen molar-refractivity contribution in [2.45, 2.75) is 45.1 Å². The van der Waals surface area contributed by atoms with Crippen LogP contribution in [0.1, 0.15) is 49.5 Å². The fourth-order valence-electron chi connectivity index (χ4n) is 2.67. The van der Waals surface area contributed by atoms with E-state index in [0.29, 0.717) is 11.9 Å². The summed E-state index contributed by atoms with van der Waals surface area (Å²) in [6.07, 6.45) is 8.93. The Morgan fingerprint density at radius 2 is 2.00 bits per heavy atom. The largest absolute Gasteiger partial charge is 0.476 e. The molecule has 1 aromatic heterocycles. The van der Waals surface area contributed by atoms with E-state index in [1.54, 1.807) is 6.20 Å². The van der Waals surface area contributed by atoms with Crippen LogP contribution in [0.5, 0.6) is 0 Å². The number of carboxylic acid groups (broad SMARTS) is 1. The van der Waals surface area contributed by atoms with E-state index in [2.05, 4.69) is 14.9 Å². The molecule has 0 bridgehead atoms. The van der Waals surface area contributed by atoms with Gasteiger partial charge in [-0.2, -0.15) is 0 Å². The van der Waals surface area contributed by atoms with Crippen molar-refractivity contribution in [3.8, 4) is 0 Å². The topological polar surface area (TPSA) is 66.3 Å². The predicted molar refractivity (Wildman–Crippen MR) is 68.9 cm³/mol. The normalized spacial score (nSPS) is 16.5. The van der Waals surface area contributed by atoms with Gasteiger partial charge in [-0.05, 0) is 19.8 Å². The number of anilines is 1. The van der Waals surface area contributed by atoms with Crippen LogP contribution in [-0.4, -0.2) is 33.6 Å². The van der Waals surface area contributed by atoms with Crippen LogP contribution in [0.25, 0.3) is 0 Å². The molecule has 1 N–H and O–H groups in total. The minimum atomic E-state index is -1.01. The van der Waals surface area contributed by atoms with E-state index in [9.17, 15) is 9.90 Å². The first-order valence-corrected chi connectivity index (χ1v) is 6.55. The predicted octanol–water partition coefficient (Wildman–Crippen LogP) is 2.33. The van der Waals surface area contributed by atoms with Crippen LogP contribution >= 0.6 is 0 Å². The monoisotopic (exact) mass is 249 g/mol. The second-order valence-electron chi connectivity index (χ2n) is 4.61. The highest BCUT2D eigenvalue weighted by Gasteiger charge is 2.25. The lowest BCUT2D eigenvalue weighted by Crippen LogP contribution is -2.38. The fraction of sp³-hybridized carbons (Fsp3) is 0.615. The minimum Gasteiger partial charge on any atom is -0.476 e. The molecular weight excluding hydrogens is 230 g/mol. The lowest BCUT2D eigenvalue weighted by molar-refractivity contribution is 0.0690. The van der Waals surface area contributed by atoms with Crippen molar-refractivity contribution >= 4 is 11.8 Å². The summed E-state index contributed by atoms with van der Waals surface area (Å²) in [5, 5.41) is 9.18. The van der Waals surface area contributed by atoms with Crippen LogP contribution in [0.3, 0.4) is 0 Å². The lowest BCUT2D eigenvalue weighted by Gasteiger charge is -2.34. The van der Waals surface area contributed by atoms with E-state index < -0.39 is 5.97 Å². The second-order valence-corrected chi connectivity index (χ2v) is 4.61. The third kappa shape index (κ3) is 2.60. The van der Waals surface area contributed by atoms with Crippen LogP contribution < -0.4 is 4.90 Å². The number of nitrogens with zero attached hydrogens (tertiary/aromatic N) is 3. The van der Waals surface area contributed by atoms with Gasteiger partial charge in [0.05, 0.1) is 0 Å². The molecule has 1 aliphatic carbocycles. The Bertz CT molecular complexity index is 416. The van der Waals surface area contributed by atoms with Gasteiger partial charge < -0.3 is 10.0 Å². The average molecular weight is 249 g/mol. The molecule has 0 atom stereocenters. The highest BCUT2D eigenvalue weighted by molar-refractivity contribution is 5.91. The van der Waals surface area contributed by atoms with Crippen molar-refractivity contribution in [1.29, 1.82) is 0 Å². The van der Waals surface area contributed by atoms with Crippen LogP contribution in [0, 0.1) is 0 Å². The van der Waals surface area contributed by atoms with Gasteiger partial charge in [0.15, 0.2) is 11.5 Å². The Morgan fingerprint density at radius 1 is 1.33 bits per heavy atom. The maximum absolute atomic E-state index is 11.2. The number of rotatable bonds is 4. The van der Waals surface area contributed by atoms with Gasteiger partial charge in [-0.1, -0.05) is 19.3 Å². The van der Waals surface area contributed by atoms with Crippen molar-refractivity contribution in [3.05, 3.63) is 18.1 Å². The van der Waals surface area contributed by atoms with Crippen molar-refractivity contribution in [3.63, 3.8) is 0 Å². The van der Waals surface area contributed by atoms with E-state index >= 15 is 0 Å². The van der Waals surface area contributed by atoms with E-state index in [1.165, 1.54) is 25.5 Å². The summed E-state index contributed by atoms with van der Waals surface area (Å²) in [7, 11) is 0. The number of aromatic nitrogens is 2. The van der Waals surface area contributed by atoms with Gasteiger partial charge in [-0.15, -0.1) is 0 Å². The molecule has 1 aromatic rings. The van der Waals surface area contributed by atoms with Gasteiger partial charge in [0.25, 0.3) is 0 Å². The molecule has 1 aliphatic rings. The molecule has 1 saturated carbocycles. The number of carboxylic acids is 1. The molecule has 1 heterocycles. The molecule has 0 unspecified atom stereocenters. The molecular formula is C13H19N3O2. The van der Waals surface area contributed by atoms with Gasteiger partial charge >= 0.3 is 5.97 Å². The smallest absolute Gasteiger partial charge is 0.358 e. The average Bonchev–Trinajstić information content (AvgIpc) is 2.41.